The highest BCUT2D eigenvalue weighted by Crippen LogP contribution is 2.25. The minimum absolute atomic E-state index is 0.115. The maximum Gasteiger partial charge on any atom is 0.180 e. The first kappa shape index (κ1) is 16.3. The minimum atomic E-state index is -0.284. The number of hydrogen-bond acceptors (Lipinski definition) is 5. The first-order chi connectivity index (χ1) is 12.7. The van der Waals surface area contributed by atoms with E-state index in [4.69, 9.17) is 0 Å². The topological polar surface area (TPSA) is 76.7 Å². The van der Waals surface area contributed by atoms with E-state index in [1.54, 1.807) is 35.3 Å². The summed E-state index contributed by atoms with van der Waals surface area (Å²) in [5.74, 6) is 0.165. The highest BCUT2D eigenvalue weighted by Gasteiger charge is 2.17. The molecule has 0 aliphatic heterocycles. The molecule has 0 aliphatic rings. The van der Waals surface area contributed by atoms with Crippen LogP contribution in [0.3, 0.4) is 0 Å². The maximum atomic E-state index is 14.0. The van der Waals surface area contributed by atoms with Gasteiger partial charge in [-0.25, -0.2) is 24.0 Å². The molecule has 0 fully saturated rings. The Labute approximate surface area is 149 Å². The second kappa shape index (κ2) is 6.61. The SMILES string of the molecule is Cc1nc(-c2nn(Cc3ccccc3F)c3ncccc23)ncc1CO. The lowest BCUT2D eigenvalue weighted by molar-refractivity contribution is 0.280. The fourth-order valence-corrected chi connectivity index (χ4v) is 2.83. The van der Waals surface area contributed by atoms with Gasteiger partial charge in [-0.05, 0) is 25.1 Å². The Balaban J connectivity index is 1.84. The number of halogens is 1. The van der Waals surface area contributed by atoms with E-state index in [0.29, 0.717) is 34.0 Å². The van der Waals surface area contributed by atoms with E-state index in [9.17, 15) is 9.50 Å². The van der Waals surface area contributed by atoms with Crippen molar-refractivity contribution in [3.05, 3.63) is 71.4 Å². The molecule has 4 aromatic rings. The smallest absolute Gasteiger partial charge is 0.180 e. The molecule has 0 amide bonds. The molecule has 0 bridgehead atoms. The van der Waals surface area contributed by atoms with Crippen LogP contribution in [0.1, 0.15) is 16.8 Å². The Morgan fingerprint density at radius 2 is 1.92 bits per heavy atom. The van der Waals surface area contributed by atoms with E-state index in [-0.39, 0.29) is 19.0 Å². The predicted molar refractivity (Wildman–Crippen MR) is 94.7 cm³/mol. The Kier molecular flexibility index (Phi) is 4.14. The van der Waals surface area contributed by atoms with Crippen LogP contribution < -0.4 is 0 Å². The molecule has 7 heteroatoms. The van der Waals surface area contributed by atoms with Gasteiger partial charge in [0.1, 0.15) is 11.5 Å². The largest absolute Gasteiger partial charge is 0.392 e. The molecule has 1 N–H and O–H groups in total. The summed E-state index contributed by atoms with van der Waals surface area (Å²) in [6, 6.07) is 10.3. The maximum absolute atomic E-state index is 14.0. The van der Waals surface area contributed by atoms with Gasteiger partial charge in [-0.1, -0.05) is 18.2 Å². The molecule has 1 aromatic carbocycles. The highest BCUT2D eigenvalue weighted by atomic mass is 19.1. The number of aryl methyl sites for hydroxylation is 1. The second-order valence-corrected chi connectivity index (χ2v) is 5.93. The molecular formula is C19H16FN5O. The summed E-state index contributed by atoms with van der Waals surface area (Å²) in [5, 5.41) is 14.7. The zero-order valence-corrected chi connectivity index (χ0v) is 14.1. The number of aromatic nitrogens is 5. The van der Waals surface area contributed by atoms with Crippen LogP contribution in [0.5, 0.6) is 0 Å². The molecule has 0 aliphatic carbocycles. The molecule has 130 valence electrons. The summed E-state index contributed by atoms with van der Waals surface area (Å²) in [5.41, 5.74) is 3.11. The van der Waals surface area contributed by atoms with Crippen LogP contribution in [0.2, 0.25) is 0 Å². The lowest BCUT2D eigenvalue weighted by atomic mass is 10.2. The van der Waals surface area contributed by atoms with E-state index >= 15 is 0 Å². The summed E-state index contributed by atoms with van der Waals surface area (Å²) in [7, 11) is 0. The molecule has 6 nitrogen and oxygen atoms in total. The monoisotopic (exact) mass is 349 g/mol. The first-order valence-corrected chi connectivity index (χ1v) is 8.16. The van der Waals surface area contributed by atoms with Crippen molar-refractivity contribution in [2.45, 2.75) is 20.1 Å². The average Bonchev–Trinajstić information content (AvgIpc) is 3.02. The first-order valence-electron chi connectivity index (χ1n) is 8.16. The van der Waals surface area contributed by atoms with Crippen LogP contribution in [0.4, 0.5) is 4.39 Å². The molecular weight excluding hydrogens is 333 g/mol. The molecule has 0 radical (unpaired) electrons. The van der Waals surface area contributed by atoms with Crippen molar-refractivity contribution in [3.63, 3.8) is 0 Å². The van der Waals surface area contributed by atoms with E-state index in [0.717, 1.165) is 5.39 Å². The minimum Gasteiger partial charge on any atom is -0.392 e. The molecule has 0 spiro atoms. The molecule has 3 aromatic heterocycles. The Bertz CT molecular complexity index is 1090. The van der Waals surface area contributed by atoms with Crippen molar-refractivity contribution in [1.29, 1.82) is 0 Å². The van der Waals surface area contributed by atoms with Crippen LogP contribution in [0, 0.1) is 12.7 Å². The van der Waals surface area contributed by atoms with E-state index in [1.165, 1.54) is 6.07 Å². The van der Waals surface area contributed by atoms with Gasteiger partial charge >= 0.3 is 0 Å². The predicted octanol–water partition coefficient (Wildman–Crippen LogP) is 2.88. The number of rotatable bonds is 4. The number of aliphatic hydroxyl groups is 1. The standard InChI is InChI=1S/C19H16FN5O/c1-12-14(11-26)9-22-18(23-12)17-15-6-4-8-21-19(15)25(24-17)10-13-5-2-3-7-16(13)20/h2-9,26H,10-11H2,1H3. The second-order valence-electron chi connectivity index (χ2n) is 5.93. The van der Waals surface area contributed by atoms with Gasteiger partial charge in [0.15, 0.2) is 11.5 Å². The quantitative estimate of drug-likeness (QED) is 0.613. The van der Waals surface area contributed by atoms with Gasteiger partial charge in [-0.15, -0.1) is 0 Å². The van der Waals surface area contributed by atoms with Gasteiger partial charge in [-0.2, -0.15) is 5.10 Å². The van der Waals surface area contributed by atoms with Crippen molar-refractivity contribution in [3.8, 4) is 11.5 Å². The van der Waals surface area contributed by atoms with Crippen molar-refractivity contribution in [2.75, 3.05) is 0 Å². The van der Waals surface area contributed by atoms with Crippen molar-refractivity contribution in [1.82, 2.24) is 24.7 Å². The molecule has 0 saturated carbocycles. The van der Waals surface area contributed by atoms with Crippen LogP contribution in [-0.4, -0.2) is 29.8 Å². The fourth-order valence-electron chi connectivity index (χ4n) is 2.83. The third-order valence-electron chi connectivity index (χ3n) is 4.25. The van der Waals surface area contributed by atoms with Crippen LogP contribution in [0.15, 0.2) is 48.8 Å². The van der Waals surface area contributed by atoms with Gasteiger partial charge in [-0.3, -0.25) is 0 Å². The lowest BCUT2D eigenvalue weighted by Gasteiger charge is -2.04. The van der Waals surface area contributed by atoms with Crippen molar-refractivity contribution < 1.29 is 9.50 Å². The highest BCUT2D eigenvalue weighted by molar-refractivity contribution is 5.89. The molecule has 0 unspecified atom stereocenters. The normalized spacial score (nSPS) is 11.2. The molecule has 0 atom stereocenters. The van der Waals surface area contributed by atoms with Gasteiger partial charge < -0.3 is 5.11 Å². The van der Waals surface area contributed by atoms with E-state index < -0.39 is 0 Å². The number of aliphatic hydroxyl groups excluding tert-OH is 1. The number of benzene rings is 1. The van der Waals surface area contributed by atoms with E-state index in [2.05, 4.69) is 20.1 Å². The van der Waals surface area contributed by atoms with Crippen LogP contribution in [-0.2, 0) is 13.2 Å². The fraction of sp³-hybridized carbons (Fsp3) is 0.158. The van der Waals surface area contributed by atoms with Crippen molar-refractivity contribution >= 4 is 11.0 Å². The van der Waals surface area contributed by atoms with Crippen molar-refractivity contribution in [2.24, 2.45) is 0 Å². The third-order valence-corrected chi connectivity index (χ3v) is 4.25. The molecule has 3 heterocycles. The zero-order valence-electron chi connectivity index (χ0n) is 14.1. The summed E-state index contributed by atoms with van der Waals surface area (Å²) < 4.78 is 15.7. The van der Waals surface area contributed by atoms with Gasteiger partial charge in [0.05, 0.1) is 18.5 Å². The van der Waals surface area contributed by atoms with Gasteiger partial charge in [0.25, 0.3) is 0 Å². The summed E-state index contributed by atoms with van der Waals surface area (Å²) >= 11 is 0. The Morgan fingerprint density at radius 1 is 1.08 bits per heavy atom. The number of pyridine rings is 1. The Hall–Kier alpha value is -3.19. The average molecular weight is 349 g/mol. The van der Waals surface area contributed by atoms with E-state index in [1.807, 2.05) is 19.1 Å². The van der Waals surface area contributed by atoms with Gasteiger partial charge in [0, 0.05) is 29.2 Å². The summed E-state index contributed by atoms with van der Waals surface area (Å²) in [4.78, 5) is 13.2. The third kappa shape index (κ3) is 2.82. The van der Waals surface area contributed by atoms with Crippen LogP contribution in [0.25, 0.3) is 22.6 Å². The summed E-state index contributed by atoms with van der Waals surface area (Å²) in [6.45, 7) is 1.96. The van der Waals surface area contributed by atoms with Crippen LogP contribution >= 0.6 is 0 Å². The zero-order chi connectivity index (χ0) is 18.1. The number of nitrogens with zero attached hydrogens (tertiary/aromatic N) is 5. The Morgan fingerprint density at radius 3 is 2.69 bits per heavy atom. The number of fused-ring (bicyclic) bond motifs is 1. The molecule has 26 heavy (non-hydrogen) atoms. The van der Waals surface area contributed by atoms with Gasteiger partial charge in [0.2, 0.25) is 0 Å². The summed E-state index contributed by atoms with van der Waals surface area (Å²) in [6.07, 6.45) is 3.27. The lowest BCUT2D eigenvalue weighted by Crippen LogP contribution is -2.05. The molecule has 4 rings (SSSR count). The molecule has 0 saturated heterocycles. The number of hydrogen-bond donors (Lipinski definition) is 1.